The fourth-order valence-corrected chi connectivity index (χ4v) is 3.58. The monoisotopic (exact) mass is 376 g/mol. The van der Waals surface area contributed by atoms with Crippen LogP contribution in [0.2, 0.25) is 0 Å². The molecule has 1 aliphatic carbocycles. The van der Waals surface area contributed by atoms with Gasteiger partial charge in [0.25, 0.3) is 0 Å². The van der Waals surface area contributed by atoms with Crippen molar-refractivity contribution in [3.63, 3.8) is 0 Å². The van der Waals surface area contributed by atoms with E-state index in [1.807, 2.05) is 19.1 Å². The zero-order valence-corrected chi connectivity index (χ0v) is 16.2. The number of aliphatic hydroxyl groups is 1. The van der Waals surface area contributed by atoms with Crippen LogP contribution in [0.3, 0.4) is 0 Å². The lowest BCUT2D eigenvalue weighted by Gasteiger charge is -2.32. The van der Waals surface area contributed by atoms with E-state index in [0.717, 1.165) is 44.2 Å². The Bertz CT molecular complexity index is 626. The van der Waals surface area contributed by atoms with Crippen molar-refractivity contribution in [2.45, 2.75) is 76.4 Å². The molecule has 0 spiro atoms. The van der Waals surface area contributed by atoms with E-state index in [0.29, 0.717) is 18.5 Å². The molecule has 27 heavy (non-hydrogen) atoms. The van der Waals surface area contributed by atoms with Gasteiger partial charge in [0.2, 0.25) is 0 Å². The first kappa shape index (κ1) is 21.2. The van der Waals surface area contributed by atoms with E-state index in [2.05, 4.69) is 5.32 Å². The van der Waals surface area contributed by atoms with Crippen molar-refractivity contribution < 1.29 is 19.4 Å². The van der Waals surface area contributed by atoms with Crippen molar-refractivity contribution >= 4 is 17.6 Å². The van der Waals surface area contributed by atoms with E-state index in [9.17, 15) is 14.7 Å². The minimum atomic E-state index is -0.847. The first-order valence-corrected chi connectivity index (χ1v) is 9.97. The number of ether oxygens (including phenoxy) is 1. The second-order valence-electron chi connectivity index (χ2n) is 7.55. The molecule has 0 aromatic heterocycles. The van der Waals surface area contributed by atoms with Gasteiger partial charge in [-0.25, -0.2) is 4.79 Å². The summed E-state index contributed by atoms with van der Waals surface area (Å²) in [5.41, 5.74) is 5.82. The van der Waals surface area contributed by atoms with Crippen molar-refractivity contribution in [3.8, 4) is 0 Å². The van der Waals surface area contributed by atoms with E-state index in [-0.39, 0.29) is 12.2 Å². The summed E-state index contributed by atoms with van der Waals surface area (Å²) in [6, 6.07) is 7.24. The molecule has 1 saturated carbocycles. The summed E-state index contributed by atoms with van der Waals surface area (Å²) >= 11 is 0. The van der Waals surface area contributed by atoms with Crippen LogP contribution in [0, 0.1) is 0 Å². The maximum atomic E-state index is 12.6. The quantitative estimate of drug-likeness (QED) is 0.535. The zero-order valence-electron chi connectivity index (χ0n) is 16.2. The number of carbonyl (C=O) groups is 2. The highest BCUT2D eigenvalue weighted by atomic mass is 16.6. The molecule has 1 fully saturated rings. The maximum Gasteiger partial charge on any atom is 0.404 e. The molecule has 1 aromatic carbocycles. The minimum absolute atomic E-state index is 0.0858. The lowest BCUT2D eigenvalue weighted by molar-refractivity contribution is 0.0167. The molecular formula is C21H32N2O4. The molecule has 0 bridgehead atoms. The van der Waals surface area contributed by atoms with E-state index in [4.69, 9.17) is 10.5 Å². The molecule has 1 amide bonds. The Hall–Kier alpha value is -2.08. The molecule has 6 nitrogen and oxygen atoms in total. The van der Waals surface area contributed by atoms with Crippen LogP contribution in [0.1, 0.15) is 75.1 Å². The number of rotatable bonds is 10. The normalized spacial score (nSPS) is 17.1. The van der Waals surface area contributed by atoms with E-state index >= 15 is 0 Å². The molecule has 0 heterocycles. The Balaban J connectivity index is 1.95. The number of amides is 1. The van der Waals surface area contributed by atoms with Gasteiger partial charge in [-0.1, -0.05) is 51.2 Å². The Labute approximate surface area is 161 Å². The van der Waals surface area contributed by atoms with Crippen molar-refractivity contribution in [1.82, 2.24) is 0 Å². The summed E-state index contributed by atoms with van der Waals surface area (Å²) in [5, 5.41) is 13.9. The van der Waals surface area contributed by atoms with Crippen molar-refractivity contribution in [2.75, 3.05) is 11.9 Å². The Morgan fingerprint density at radius 2 is 2.04 bits per heavy atom. The molecule has 2 rings (SSSR count). The molecule has 1 aliphatic rings. The summed E-state index contributed by atoms with van der Waals surface area (Å²) in [6.45, 7) is 2.52. The van der Waals surface area contributed by atoms with E-state index in [1.165, 1.54) is 6.42 Å². The van der Waals surface area contributed by atoms with Gasteiger partial charge in [-0.3, -0.25) is 4.79 Å². The van der Waals surface area contributed by atoms with Crippen molar-refractivity contribution in [1.29, 1.82) is 0 Å². The lowest BCUT2D eigenvalue weighted by Crippen LogP contribution is -2.38. The fourth-order valence-electron chi connectivity index (χ4n) is 3.58. The average Bonchev–Trinajstić information content (AvgIpc) is 2.65. The van der Waals surface area contributed by atoms with E-state index in [1.54, 1.807) is 12.1 Å². The number of carbonyl (C=O) groups excluding carboxylic acids is 2. The Morgan fingerprint density at radius 1 is 1.30 bits per heavy atom. The smallest absolute Gasteiger partial charge is 0.404 e. The molecule has 4 N–H and O–H groups in total. The van der Waals surface area contributed by atoms with Crippen LogP contribution in [0.15, 0.2) is 24.3 Å². The molecule has 1 aromatic rings. The van der Waals surface area contributed by atoms with Gasteiger partial charge in [0.1, 0.15) is 6.10 Å². The average molecular weight is 376 g/mol. The van der Waals surface area contributed by atoms with Gasteiger partial charge in [-0.2, -0.15) is 0 Å². The second-order valence-corrected chi connectivity index (χ2v) is 7.55. The number of primary amides is 1. The van der Waals surface area contributed by atoms with Crippen molar-refractivity contribution in [2.24, 2.45) is 5.73 Å². The van der Waals surface area contributed by atoms with Crippen LogP contribution >= 0.6 is 0 Å². The van der Waals surface area contributed by atoms with Gasteiger partial charge in [-0.15, -0.1) is 0 Å². The molecule has 0 aliphatic heterocycles. The third-order valence-electron chi connectivity index (χ3n) is 5.17. The highest BCUT2D eigenvalue weighted by molar-refractivity contribution is 5.97. The van der Waals surface area contributed by atoms with Gasteiger partial charge in [0.05, 0.1) is 5.60 Å². The van der Waals surface area contributed by atoms with Gasteiger partial charge < -0.3 is 20.9 Å². The number of benzene rings is 1. The highest BCUT2D eigenvalue weighted by Crippen LogP contribution is 2.28. The molecule has 1 atom stereocenters. The first-order chi connectivity index (χ1) is 12.9. The summed E-state index contributed by atoms with van der Waals surface area (Å²) < 4.78 is 5.08. The standard InChI is InChI=1S/C21H32N2O4/c1-2-3-10-18(27-20(22)25)14-19(24)16-8-7-9-17(13-16)23-15-21(26)11-5-4-6-12-21/h7-9,13,18,23,26H,2-6,10-12,14-15H2,1H3,(H2,22,25). The number of unbranched alkanes of at least 4 members (excludes halogenated alkanes) is 1. The third-order valence-corrected chi connectivity index (χ3v) is 5.17. The summed E-state index contributed by atoms with van der Waals surface area (Å²) in [7, 11) is 0. The van der Waals surface area contributed by atoms with Gasteiger partial charge in [-0.05, 0) is 31.4 Å². The highest BCUT2D eigenvalue weighted by Gasteiger charge is 2.28. The summed E-state index contributed by atoms with van der Waals surface area (Å²) in [5.74, 6) is -0.0858. The summed E-state index contributed by atoms with van der Waals surface area (Å²) in [6.07, 6.45) is 6.12. The fraction of sp³-hybridized carbons (Fsp3) is 0.619. The molecule has 6 heteroatoms. The lowest BCUT2D eigenvalue weighted by atomic mass is 9.85. The SMILES string of the molecule is CCCCC(CC(=O)c1cccc(NCC2(O)CCCCC2)c1)OC(N)=O. The van der Waals surface area contributed by atoms with Gasteiger partial charge in [0.15, 0.2) is 5.78 Å². The van der Waals surface area contributed by atoms with Gasteiger partial charge >= 0.3 is 6.09 Å². The van der Waals surface area contributed by atoms with Crippen LogP contribution in [0.4, 0.5) is 10.5 Å². The predicted octanol–water partition coefficient (Wildman–Crippen LogP) is 4.02. The third kappa shape index (κ3) is 7.21. The molecular weight excluding hydrogens is 344 g/mol. The van der Waals surface area contributed by atoms with Crippen LogP contribution in [0.5, 0.6) is 0 Å². The minimum Gasteiger partial charge on any atom is -0.446 e. The second kappa shape index (κ2) is 10.3. The zero-order chi connectivity index (χ0) is 19.7. The molecule has 0 radical (unpaired) electrons. The van der Waals surface area contributed by atoms with Crippen LogP contribution in [-0.2, 0) is 4.74 Å². The molecule has 1 unspecified atom stereocenters. The largest absolute Gasteiger partial charge is 0.446 e. The topological polar surface area (TPSA) is 102 Å². The Kier molecular flexibility index (Phi) is 8.10. The van der Waals surface area contributed by atoms with Crippen LogP contribution < -0.4 is 11.1 Å². The number of nitrogens with two attached hydrogens (primary N) is 1. The summed E-state index contributed by atoms with van der Waals surface area (Å²) in [4.78, 5) is 23.7. The maximum absolute atomic E-state index is 12.6. The van der Waals surface area contributed by atoms with Crippen LogP contribution in [-0.4, -0.2) is 35.2 Å². The number of hydrogen-bond acceptors (Lipinski definition) is 5. The van der Waals surface area contributed by atoms with Crippen molar-refractivity contribution in [3.05, 3.63) is 29.8 Å². The number of Topliss-reactive ketones (excluding diaryl/α,β-unsaturated/α-hetero) is 1. The van der Waals surface area contributed by atoms with Gasteiger partial charge in [0, 0.05) is 24.2 Å². The molecule has 0 saturated heterocycles. The van der Waals surface area contributed by atoms with Crippen LogP contribution in [0.25, 0.3) is 0 Å². The molecule has 150 valence electrons. The first-order valence-electron chi connectivity index (χ1n) is 9.97. The van der Waals surface area contributed by atoms with E-state index < -0.39 is 17.8 Å². The Morgan fingerprint density at radius 3 is 2.70 bits per heavy atom. The number of nitrogens with one attached hydrogen (secondary N) is 1. The number of anilines is 1. The predicted molar refractivity (Wildman–Crippen MR) is 106 cm³/mol. The number of ketones is 1. The number of hydrogen-bond donors (Lipinski definition) is 3.